The Morgan fingerprint density at radius 1 is 1.50 bits per heavy atom. The number of ether oxygens (including phenoxy) is 1. The van der Waals surface area contributed by atoms with Gasteiger partial charge in [-0.05, 0) is 12.2 Å². The van der Waals surface area contributed by atoms with Gasteiger partial charge in [-0.25, -0.2) is 4.99 Å². The third-order valence-electron chi connectivity index (χ3n) is 0.771. The average Bonchev–Trinajstić information content (AvgIpc) is 1.94. The van der Waals surface area contributed by atoms with Crippen molar-refractivity contribution in [2.75, 3.05) is 0 Å². The molecule has 0 aliphatic carbocycles. The summed E-state index contributed by atoms with van der Waals surface area (Å²) in [6, 6.07) is 0. The Morgan fingerprint density at radius 2 is 2.38 bits per heavy atom. The molecular formula is C5H6BNO. The van der Waals surface area contributed by atoms with E-state index in [1.807, 2.05) is 6.08 Å². The minimum Gasteiger partial charge on any atom is -0.462 e. The Kier molecular flexibility index (Phi) is 1.52. The lowest BCUT2D eigenvalue weighted by atomic mass is 10.2. The van der Waals surface area contributed by atoms with E-state index in [0.29, 0.717) is 5.80 Å². The molecule has 3 heteroatoms. The average molecular weight is 107 g/mol. The van der Waals surface area contributed by atoms with Gasteiger partial charge in [0.25, 0.3) is 0 Å². The lowest BCUT2D eigenvalue weighted by Crippen LogP contribution is -1.95. The molecule has 0 radical (unpaired) electrons. The second kappa shape index (κ2) is 2.35. The van der Waals surface area contributed by atoms with Crippen molar-refractivity contribution < 1.29 is 4.74 Å². The molecular weight excluding hydrogens is 101 g/mol. The van der Waals surface area contributed by atoms with Gasteiger partial charge in [0.15, 0.2) is 0 Å². The SMILES string of the molecule is BC1=NC=CC=CO1. The highest BCUT2D eigenvalue weighted by atomic mass is 16.5. The van der Waals surface area contributed by atoms with Gasteiger partial charge in [0.2, 0.25) is 7.85 Å². The van der Waals surface area contributed by atoms with Gasteiger partial charge < -0.3 is 4.74 Å². The molecule has 1 aliphatic rings. The van der Waals surface area contributed by atoms with Gasteiger partial charge in [0.1, 0.15) is 5.80 Å². The predicted octanol–water partition coefficient (Wildman–Crippen LogP) is 0.0331. The first-order valence-corrected chi connectivity index (χ1v) is 2.42. The molecule has 2 nitrogen and oxygen atoms in total. The van der Waals surface area contributed by atoms with Crippen molar-refractivity contribution in [3.05, 3.63) is 24.6 Å². The maximum absolute atomic E-state index is 4.91. The molecule has 0 bridgehead atoms. The second-order valence-electron chi connectivity index (χ2n) is 1.44. The molecule has 0 saturated heterocycles. The van der Waals surface area contributed by atoms with Crippen LogP contribution in [0.25, 0.3) is 0 Å². The first-order valence-electron chi connectivity index (χ1n) is 2.42. The molecule has 1 rings (SSSR count). The highest BCUT2D eigenvalue weighted by Crippen LogP contribution is 1.88. The van der Waals surface area contributed by atoms with Crippen LogP contribution in [0.4, 0.5) is 0 Å². The topological polar surface area (TPSA) is 21.6 Å². The van der Waals surface area contributed by atoms with E-state index in [0.717, 1.165) is 0 Å². The van der Waals surface area contributed by atoms with Crippen molar-refractivity contribution in [3.63, 3.8) is 0 Å². The summed E-state index contributed by atoms with van der Waals surface area (Å²) in [7, 11) is 1.81. The van der Waals surface area contributed by atoms with Gasteiger partial charge >= 0.3 is 0 Å². The van der Waals surface area contributed by atoms with Gasteiger partial charge in [0, 0.05) is 6.20 Å². The van der Waals surface area contributed by atoms with E-state index in [2.05, 4.69) is 4.99 Å². The van der Waals surface area contributed by atoms with Gasteiger partial charge in [-0.3, -0.25) is 0 Å². The monoisotopic (exact) mass is 107 g/mol. The largest absolute Gasteiger partial charge is 0.462 e. The van der Waals surface area contributed by atoms with Crippen molar-refractivity contribution in [3.8, 4) is 0 Å². The minimum atomic E-state index is 0.676. The molecule has 0 spiro atoms. The molecule has 0 aromatic rings. The Balaban J connectivity index is 2.69. The Hall–Kier alpha value is -0.985. The number of aliphatic imine (C=N–C) groups is 1. The molecule has 1 aliphatic heterocycles. The summed E-state index contributed by atoms with van der Waals surface area (Å²) in [5.74, 6) is 0.676. The van der Waals surface area contributed by atoms with Crippen molar-refractivity contribution >= 4 is 13.6 Å². The molecule has 0 unspecified atom stereocenters. The summed E-state index contributed by atoms with van der Waals surface area (Å²) in [5.41, 5.74) is 0. The molecule has 0 aromatic carbocycles. The Labute approximate surface area is 49.0 Å². The molecule has 0 fully saturated rings. The zero-order valence-corrected chi connectivity index (χ0v) is 4.66. The maximum atomic E-state index is 4.91. The summed E-state index contributed by atoms with van der Waals surface area (Å²) in [6.07, 6.45) is 6.90. The normalized spacial score (nSPS) is 16.8. The van der Waals surface area contributed by atoms with E-state index < -0.39 is 0 Å². The van der Waals surface area contributed by atoms with Crippen LogP contribution in [-0.2, 0) is 4.74 Å². The highest BCUT2D eigenvalue weighted by molar-refractivity contribution is 6.57. The number of rotatable bonds is 0. The number of allylic oxidation sites excluding steroid dienone is 2. The Bertz CT molecular complexity index is 160. The third kappa shape index (κ3) is 1.26. The molecule has 0 atom stereocenters. The first-order chi connectivity index (χ1) is 3.89. The van der Waals surface area contributed by atoms with Crippen LogP contribution in [0.1, 0.15) is 0 Å². The molecule has 8 heavy (non-hydrogen) atoms. The van der Waals surface area contributed by atoms with Crippen LogP contribution in [0.2, 0.25) is 0 Å². The van der Waals surface area contributed by atoms with Crippen LogP contribution in [0.15, 0.2) is 29.6 Å². The fourth-order valence-corrected chi connectivity index (χ4v) is 0.411. The number of nitrogens with zero attached hydrogens (tertiary/aromatic N) is 1. The van der Waals surface area contributed by atoms with Crippen LogP contribution >= 0.6 is 0 Å². The number of hydrogen-bond acceptors (Lipinski definition) is 2. The van der Waals surface area contributed by atoms with E-state index in [-0.39, 0.29) is 0 Å². The second-order valence-corrected chi connectivity index (χ2v) is 1.44. The molecule has 0 saturated carbocycles. The van der Waals surface area contributed by atoms with Crippen LogP contribution in [0.5, 0.6) is 0 Å². The van der Waals surface area contributed by atoms with Gasteiger partial charge in [-0.1, -0.05) is 0 Å². The van der Waals surface area contributed by atoms with Crippen LogP contribution < -0.4 is 0 Å². The quantitative estimate of drug-likeness (QED) is 0.400. The van der Waals surface area contributed by atoms with Crippen molar-refractivity contribution in [2.24, 2.45) is 4.99 Å². The van der Waals surface area contributed by atoms with E-state index in [1.165, 1.54) is 0 Å². The van der Waals surface area contributed by atoms with Crippen molar-refractivity contribution in [1.82, 2.24) is 0 Å². The van der Waals surface area contributed by atoms with E-state index in [9.17, 15) is 0 Å². The van der Waals surface area contributed by atoms with E-state index >= 15 is 0 Å². The van der Waals surface area contributed by atoms with E-state index in [1.54, 1.807) is 26.4 Å². The lowest BCUT2D eigenvalue weighted by Gasteiger charge is -1.91. The predicted molar refractivity (Wildman–Crippen MR) is 35.3 cm³/mol. The zero-order valence-electron chi connectivity index (χ0n) is 4.66. The van der Waals surface area contributed by atoms with Gasteiger partial charge in [0.05, 0.1) is 6.26 Å². The highest BCUT2D eigenvalue weighted by Gasteiger charge is 1.84. The zero-order chi connectivity index (χ0) is 5.82. The standard InChI is InChI=1S/C5H6BNO/c6-5-7-3-1-2-4-8-5/h1-4H,6H2. The smallest absolute Gasteiger partial charge is 0.212 e. The van der Waals surface area contributed by atoms with Crippen LogP contribution in [0.3, 0.4) is 0 Å². The van der Waals surface area contributed by atoms with Crippen LogP contribution in [-0.4, -0.2) is 13.6 Å². The molecule has 0 amide bonds. The minimum absolute atomic E-state index is 0.676. The summed E-state index contributed by atoms with van der Waals surface area (Å²) >= 11 is 0. The third-order valence-corrected chi connectivity index (χ3v) is 0.771. The molecule has 1 heterocycles. The van der Waals surface area contributed by atoms with Gasteiger partial charge in [-0.15, -0.1) is 0 Å². The number of hydrogen-bond donors (Lipinski definition) is 0. The molecule has 0 N–H and O–H groups in total. The van der Waals surface area contributed by atoms with Crippen molar-refractivity contribution in [2.45, 2.75) is 0 Å². The first kappa shape index (κ1) is 5.16. The van der Waals surface area contributed by atoms with Gasteiger partial charge in [-0.2, -0.15) is 0 Å². The molecule has 0 aromatic heterocycles. The maximum Gasteiger partial charge on any atom is 0.212 e. The summed E-state index contributed by atoms with van der Waals surface area (Å²) < 4.78 is 4.91. The Morgan fingerprint density at radius 3 is 3.25 bits per heavy atom. The lowest BCUT2D eigenvalue weighted by molar-refractivity contribution is 0.486. The van der Waals surface area contributed by atoms with Crippen molar-refractivity contribution in [1.29, 1.82) is 0 Å². The fraction of sp³-hybridized carbons (Fsp3) is 0. The van der Waals surface area contributed by atoms with E-state index in [4.69, 9.17) is 4.74 Å². The molecule has 40 valence electrons. The summed E-state index contributed by atoms with van der Waals surface area (Å²) in [4.78, 5) is 3.88. The summed E-state index contributed by atoms with van der Waals surface area (Å²) in [5, 5.41) is 0. The van der Waals surface area contributed by atoms with Crippen LogP contribution in [0, 0.1) is 0 Å². The summed E-state index contributed by atoms with van der Waals surface area (Å²) in [6.45, 7) is 0. The fourth-order valence-electron chi connectivity index (χ4n) is 0.411.